The largest absolute Gasteiger partial charge is 0.506 e. The maximum atomic E-state index is 11.6. The van der Waals surface area contributed by atoms with Crippen LogP contribution in [-0.2, 0) is 11.2 Å². The van der Waals surface area contributed by atoms with E-state index in [0.717, 1.165) is 18.4 Å². The molecule has 17 heavy (non-hydrogen) atoms. The molecule has 0 aliphatic rings. The van der Waals surface area contributed by atoms with Gasteiger partial charge >= 0.3 is 0 Å². The van der Waals surface area contributed by atoms with Crippen molar-refractivity contribution in [3.8, 4) is 5.75 Å². The Morgan fingerprint density at radius 2 is 2.18 bits per heavy atom. The van der Waals surface area contributed by atoms with Crippen LogP contribution in [0.25, 0.3) is 0 Å². The number of aromatic hydroxyl groups is 1. The van der Waals surface area contributed by atoms with Crippen molar-refractivity contribution in [3.05, 3.63) is 23.8 Å². The van der Waals surface area contributed by atoms with Gasteiger partial charge in [0.1, 0.15) is 5.75 Å². The maximum Gasteiger partial charge on any atom is 0.226 e. The van der Waals surface area contributed by atoms with Crippen LogP contribution in [0.3, 0.4) is 0 Å². The Labute approximate surface area is 102 Å². The van der Waals surface area contributed by atoms with Gasteiger partial charge in [-0.2, -0.15) is 0 Å². The Kier molecular flexibility index (Phi) is 4.97. The fraction of sp³-hybridized carbons (Fsp3) is 0.462. The summed E-state index contributed by atoms with van der Waals surface area (Å²) in [5.74, 6) is -0.0801. The second-order valence-corrected chi connectivity index (χ2v) is 4.13. The Morgan fingerprint density at radius 3 is 2.76 bits per heavy atom. The Balaban J connectivity index is 2.70. The lowest BCUT2D eigenvalue weighted by molar-refractivity contribution is -0.116. The molecule has 0 aliphatic carbocycles. The summed E-state index contributed by atoms with van der Waals surface area (Å²) in [4.78, 5) is 11.6. The van der Waals surface area contributed by atoms with Crippen molar-refractivity contribution in [2.75, 3.05) is 5.32 Å². The van der Waals surface area contributed by atoms with Crippen LogP contribution in [0.15, 0.2) is 18.2 Å². The van der Waals surface area contributed by atoms with Gasteiger partial charge in [-0.3, -0.25) is 4.79 Å². The van der Waals surface area contributed by atoms with Crippen LogP contribution >= 0.6 is 0 Å². The minimum absolute atomic E-state index is 0.0839. The lowest BCUT2D eigenvalue weighted by Crippen LogP contribution is -2.26. The molecule has 4 N–H and O–H groups in total. The number of anilines is 1. The fourth-order valence-corrected chi connectivity index (χ4v) is 1.49. The Hall–Kier alpha value is -1.55. The second-order valence-electron chi connectivity index (χ2n) is 4.13. The molecule has 1 aromatic rings. The Morgan fingerprint density at radius 1 is 1.47 bits per heavy atom. The molecule has 94 valence electrons. The van der Waals surface area contributed by atoms with Gasteiger partial charge in [-0.15, -0.1) is 0 Å². The molecule has 0 saturated carbocycles. The van der Waals surface area contributed by atoms with Gasteiger partial charge in [-0.25, -0.2) is 0 Å². The summed E-state index contributed by atoms with van der Waals surface area (Å²) in [7, 11) is 0. The van der Waals surface area contributed by atoms with E-state index in [2.05, 4.69) is 5.32 Å². The van der Waals surface area contributed by atoms with Gasteiger partial charge in [0.15, 0.2) is 0 Å². The number of rotatable bonds is 5. The van der Waals surface area contributed by atoms with Crippen molar-refractivity contribution in [1.82, 2.24) is 0 Å². The van der Waals surface area contributed by atoms with Gasteiger partial charge < -0.3 is 16.2 Å². The number of nitrogens with two attached hydrogens (primary N) is 1. The molecule has 0 bridgehead atoms. The third-order valence-corrected chi connectivity index (χ3v) is 2.72. The molecular weight excluding hydrogens is 216 g/mol. The van der Waals surface area contributed by atoms with E-state index in [-0.39, 0.29) is 24.1 Å². The van der Waals surface area contributed by atoms with Gasteiger partial charge in [0, 0.05) is 12.5 Å². The first-order valence-corrected chi connectivity index (χ1v) is 5.94. The molecular formula is C13H20N2O2. The van der Waals surface area contributed by atoms with Crippen LogP contribution in [0.4, 0.5) is 5.69 Å². The predicted molar refractivity (Wildman–Crippen MR) is 69.0 cm³/mol. The standard InChI is InChI=1S/C13H20N2O2/c1-3-9-5-6-12(16)11(7-9)15-13(17)8-10(14)4-2/h5-7,10,16H,3-4,8,14H2,1-2H3,(H,15,17). The number of amides is 1. The quantitative estimate of drug-likeness (QED) is 0.685. The molecule has 0 heterocycles. The van der Waals surface area contributed by atoms with Crippen LogP contribution < -0.4 is 11.1 Å². The first-order valence-electron chi connectivity index (χ1n) is 5.94. The maximum absolute atomic E-state index is 11.6. The molecule has 1 atom stereocenters. The van der Waals surface area contributed by atoms with Crippen LogP contribution in [0, 0.1) is 0 Å². The van der Waals surface area contributed by atoms with E-state index >= 15 is 0 Å². The van der Waals surface area contributed by atoms with Crippen molar-refractivity contribution >= 4 is 11.6 Å². The normalized spacial score (nSPS) is 12.2. The lowest BCUT2D eigenvalue weighted by Gasteiger charge is -2.11. The highest BCUT2D eigenvalue weighted by molar-refractivity contribution is 5.92. The molecule has 4 heteroatoms. The summed E-state index contributed by atoms with van der Waals surface area (Å²) in [6.07, 6.45) is 1.89. The number of aryl methyl sites for hydroxylation is 1. The average Bonchev–Trinajstić information content (AvgIpc) is 2.31. The summed E-state index contributed by atoms with van der Waals surface area (Å²) in [6, 6.07) is 5.08. The molecule has 1 unspecified atom stereocenters. The summed E-state index contributed by atoms with van der Waals surface area (Å²) in [6.45, 7) is 3.96. The third-order valence-electron chi connectivity index (χ3n) is 2.72. The van der Waals surface area contributed by atoms with E-state index < -0.39 is 0 Å². The number of carbonyl (C=O) groups excluding carboxylic acids is 1. The van der Waals surface area contributed by atoms with Crippen molar-refractivity contribution in [2.45, 2.75) is 39.2 Å². The number of carbonyl (C=O) groups is 1. The van der Waals surface area contributed by atoms with Crippen molar-refractivity contribution in [1.29, 1.82) is 0 Å². The molecule has 1 aromatic carbocycles. The third kappa shape index (κ3) is 4.07. The van der Waals surface area contributed by atoms with Gasteiger partial charge in [0.2, 0.25) is 5.91 Å². The highest BCUT2D eigenvalue weighted by atomic mass is 16.3. The van der Waals surface area contributed by atoms with Gasteiger partial charge in [0.05, 0.1) is 5.69 Å². The van der Waals surface area contributed by atoms with E-state index in [0.29, 0.717) is 5.69 Å². The highest BCUT2D eigenvalue weighted by Gasteiger charge is 2.10. The number of hydrogen-bond acceptors (Lipinski definition) is 3. The van der Waals surface area contributed by atoms with Crippen molar-refractivity contribution in [2.24, 2.45) is 5.73 Å². The molecule has 0 radical (unpaired) electrons. The molecule has 4 nitrogen and oxygen atoms in total. The van der Waals surface area contributed by atoms with Crippen LogP contribution in [-0.4, -0.2) is 17.1 Å². The number of phenolic OH excluding ortho intramolecular Hbond substituents is 1. The fourth-order valence-electron chi connectivity index (χ4n) is 1.49. The molecule has 1 amide bonds. The van der Waals surface area contributed by atoms with Crippen molar-refractivity contribution in [3.63, 3.8) is 0 Å². The molecule has 0 fully saturated rings. The Bertz CT molecular complexity index is 391. The lowest BCUT2D eigenvalue weighted by atomic mass is 10.1. The van der Waals surface area contributed by atoms with E-state index in [4.69, 9.17) is 5.73 Å². The SMILES string of the molecule is CCc1ccc(O)c(NC(=O)CC(N)CC)c1. The number of nitrogens with one attached hydrogen (secondary N) is 1. The molecule has 1 rings (SSSR count). The number of benzene rings is 1. The molecule has 0 aliphatic heterocycles. The van der Waals surface area contributed by atoms with Crippen LogP contribution in [0.5, 0.6) is 5.75 Å². The predicted octanol–water partition coefficient (Wildman–Crippen LogP) is 2.02. The smallest absolute Gasteiger partial charge is 0.226 e. The zero-order chi connectivity index (χ0) is 12.8. The van der Waals surface area contributed by atoms with Crippen molar-refractivity contribution < 1.29 is 9.90 Å². The number of phenols is 1. The molecule has 0 aromatic heterocycles. The van der Waals surface area contributed by atoms with Gasteiger partial charge in [-0.05, 0) is 30.5 Å². The zero-order valence-corrected chi connectivity index (χ0v) is 10.4. The van der Waals surface area contributed by atoms with Crippen LogP contribution in [0.2, 0.25) is 0 Å². The molecule has 0 spiro atoms. The second kappa shape index (κ2) is 6.25. The van der Waals surface area contributed by atoms with Crippen LogP contribution in [0.1, 0.15) is 32.3 Å². The summed E-state index contributed by atoms with van der Waals surface area (Å²) >= 11 is 0. The molecule has 0 saturated heterocycles. The van der Waals surface area contributed by atoms with E-state index in [9.17, 15) is 9.90 Å². The zero-order valence-electron chi connectivity index (χ0n) is 10.4. The monoisotopic (exact) mass is 236 g/mol. The minimum atomic E-state index is -0.164. The first-order chi connectivity index (χ1) is 8.06. The minimum Gasteiger partial charge on any atom is -0.506 e. The summed E-state index contributed by atoms with van der Waals surface area (Å²) < 4.78 is 0. The summed E-state index contributed by atoms with van der Waals surface area (Å²) in [5.41, 5.74) is 7.22. The summed E-state index contributed by atoms with van der Waals surface area (Å²) in [5, 5.41) is 12.3. The van der Waals surface area contributed by atoms with Gasteiger partial charge in [0.25, 0.3) is 0 Å². The average molecular weight is 236 g/mol. The van der Waals surface area contributed by atoms with E-state index in [1.165, 1.54) is 0 Å². The topological polar surface area (TPSA) is 75.3 Å². The van der Waals surface area contributed by atoms with E-state index in [1.54, 1.807) is 12.1 Å². The van der Waals surface area contributed by atoms with E-state index in [1.807, 2.05) is 19.9 Å². The number of hydrogen-bond donors (Lipinski definition) is 3. The van der Waals surface area contributed by atoms with Gasteiger partial charge in [-0.1, -0.05) is 19.9 Å². The first kappa shape index (κ1) is 13.5. The highest BCUT2D eigenvalue weighted by Crippen LogP contribution is 2.24.